The normalized spacial score (nSPS) is 12.5. The maximum Gasteiger partial charge on any atom is 0.0587 e. The third-order valence-corrected chi connectivity index (χ3v) is 3.85. The van der Waals surface area contributed by atoms with E-state index in [1.807, 2.05) is 6.07 Å². The van der Waals surface area contributed by atoms with Crippen molar-refractivity contribution < 1.29 is 4.74 Å². The number of nitrogens with one attached hydrogen (secondary N) is 1. The molecular weight excluding hydrogens is 260 g/mol. The molecule has 1 aromatic carbocycles. The Morgan fingerprint density at radius 2 is 2.16 bits per heavy atom. The quantitative estimate of drug-likeness (QED) is 0.741. The van der Waals surface area contributed by atoms with E-state index in [0.717, 1.165) is 30.1 Å². The summed E-state index contributed by atoms with van der Waals surface area (Å²) in [5.74, 6) is 0. The molecule has 0 aliphatic rings. The van der Waals surface area contributed by atoms with Gasteiger partial charge >= 0.3 is 0 Å². The van der Waals surface area contributed by atoms with E-state index in [0.29, 0.717) is 12.6 Å². The van der Waals surface area contributed by atoms with E-state index >= 15 is 0 Å². The molecule has 0 saturated heterocycles. The Hall–Kier alpha value is -0.770. The lowest BCUT2D eigenvalue weighted by Crippen LogP contribution is -2.28. The first-order chi connectivity index (χ1) is 9.10. The van der Waals surface area contributed by atoms with Gasteiger partial charge in [-0.3, -0.25) is 0 Å². The highest BCUT2D eigenvalue weighted by Gasteiger charge is 2.09. The summed E-state index contributed by atoms with van der Waals surface area (Å²) in [6.45, 7) is 6.73. The summed E-state index contributed by atoms with van der Waals surface area (Å²) in [6, 6.07) is 6.78. The Labute approximate surface area is 121 Å². The summed E-state index contributed by atoms with van der Waals surface area (Å²) in [4.78, 5) is 2.26. The van der Waals surface area contributed by atoms with Crippen LogP contribution in [0.4, 0.5) is 5.69 Å². The molecule has 3 nitrogen and oxygen atoms in total. The van der Waals surface area contributed by atoms with E-state index in [1.165, 1.54) is 5.69 Å². The molecule has 0 radical (unpaired) electrons. The zero-order valence-electron chi connectivity index (χ0n) is 12.4. The zero-order valence-corrected chi connectivity index (χ0v) is 13.1. The molecule has 0 fully saturated rings. The Balaban J connectivity index is 2.63. The van der Waals surface area contributed by atoms with E-state index < -0.39 is 0 Å². The first kappa shape index (κ1) is 16.3. The van der Waals surface area contributed by atoms with Gasteiger partial charge < -0.3 is 15.0 Å². The maximum atomic E-state index is 6.34. The molecule has 108 valence electrons. The topological polar surface area (TPSA) is 24.5 Å². The van der Waals surface area contributed by atoms with Crippen LogP contribution < -0.4 is 10.2 Å². The predicted molar refractivity (Wildman–Crippen MR) is 83.2 cm³/mol. The van der Waals surface area contributed by atoms with Crippen LogP contribution in [0.1, 0.15) is 25.8 Å². The molecule has 4 heteroatoms. The number of methoxy groups -OCH3 is 1. The first-order valence-electron chi connectivity index (χ1n) is 6.81. The Kier molecular flexibility index (Phi) is 7.21. The second-order valence-corrected chi connectivity index (χ2v) is 5.22. The second kappa shape index (κ2) is 8.41. The number of halogens is 1. The fourth-order valence-corrected chi connectivity index (χ4v) is 2.07. The average molecular weight is 285 g/mol. The van der Waals surface area contributed by atoms with Crippen molar-refractivity contribution >= 4 is 17.3 Å². The highest BCUT2D eigenvalue weighted by molar-refractivity contribution is 6.31. The summed E-state index contributed by atoms with van der Waals surface area (Å²) < 4.78 is 5.00. The van der Waals surface area contributed by atoms with Crippen molar-refractivity contribution in [2.24, 2.45) is 0 Å². The number of hydrogen-bond acceptors (Lipinski definition) is 3. The molecule has 0 aliphatic heterocycles. The van der Waals surface area contributed by atoms with Gasteiger partial charge in [0.05, 0.1) is 6.61 Å². The number of anilines is 1. The lowest BCUT2D eigenvalue weighted by molar-refractivity contribution is 0.199. The molecule has 1 rings (SSSR count). The van der Waals surface area contributed by atoms with E-state index in [1.54, 1.807) is 7.11 Å². The van der Waals surface area contributed by atoms with Crippen LogP contribution in [0.15, 0.2) is 18.2 Å². The van der Waals surface area contributed by atoms with Gasteiger partial charge in [0.25, 0.3) is 0 Å². The van der Waals surface area contributed by atoms with Crippen LogP contribution in [0.25, 0.3) is 0 Å². The average Bonchev–Trinajstić information content (AvgIpc) is 2.43. The summed E-state index contributed by atoms with van der Waals surface area (Å²) >= 11 is 6.34. The molecular formula is C15H25ClN2O. The van der Waals surface area contributed by atoms with E-state index in [9.17, 15) is 0 Å². The Bertz CT molecular complexity index is 384. The van der Waals surface area contributed by atoms with Crippen LogP contribution in [0, 0.1) is 0 Å². The molecule has 0 saturated carbocycles. The minimum absolute atomic E-state index is 0.516. The van der Waals surface area contributed by atoms with Crippen LogP contribution in [-0.4, -0.2) is 33.4 Å². The van der Waals surface area contributed by atoms with Gasteiger partial charge in [-0.15, -0.1) is 0 Å². The van der Waals surface area contributed by atoms with Crippen LogP contribution in [0.5, 0.6) is 0 Å². The number of ether oxygens (including phenoxy) is 1. The van der Waals surface area contributed by atoms with Crippen molar-refractivity contribution in [1.29, 1.82) is 0 Å². The van der Waals surface area contributed by atoms with Gasteiger partial charge in [0.1, 0.15) is 0 Å². The van der Waals surface area contributed by atoms with Crippen molar-refractivity contribution in [1.82, 2.24) is 5.32 Å². The lowest BCUT2D eigenvalue weighted by Gasteiger charge is -2.26. The summed E-state index contributed by atoms with van der Waals surface area (Å²) in [5.41, 5.74) is 2.29. The lowest BCUT2D eigenvalue weighted by atomic mass is 10.1. The Morgan fingerprint density at radius 3 is 2.74 bits per heavy atom. The predicted octanol–water partition coefficient (Wildman–Crippen LogP) is 3.31. The molecule has 0 amide bonds. The SMILES string of the molecule is CCC(C)N(C)c1ccc(CNCCOC)c(Cl)c1. The van der Waals surface area contributed by atoms with Crippen molar-refractivity contribution in [3.05, 3.63) is 28.8 Å². The van der Waals surface area contributed by atoms with Gasteiger partial charge in [-0.25, -0.2) is 0 Å². The fourth-order valence-electron chi connectivity index (χ4n) is 1.82. The summed E-state index contributed by atoms with van der Waals surface area (Å²) in [5, 5.41) is 4.12. The zero-order chi connectivity index (χ0) is 14.3. The van der Waals surface area contributed by atoms with E-state index in [4.69, 9.17) is 16.3 Å². The van der Waals surface area contributed by atoms with E-state index in [-0.39, 0.29) is 0 Å². The standard InChI is InChI=1S/C15H25ClN2O/c1-5-12(2)18(3)14-7-6-13(15(16)10-14)11-17-8-9-19-4/h6-7,10,12,17H,5,8-9,11H2,1-4H3. The number of rotatable bonds is 8. The number of benzene rings is 1. The van der Waals surface area contributed by atoms with Crippen molar-refractivity contribution in [3.63, 3.8) is 0 Å². The largest absolute Gasteiger partial charge is 0.383 e. The monoisotopic (exact) mass is 284 g/mol. The molecule has 0 bridgehead atoms. The minimum atomic E-state index is 0.516. The third kappa shape index (κ3) is 5.01. The maximum absolute atomic E-state index is 6.34. The smallest absolute Gasteiger partial charge is 0.0587 e. The van der Waals surface area contributed by atoms with Crippen molar-refractivity contribution in [2.45, 2.75) is 32.9 Å². The number of nitrogens with zero attached hydrogens (tertiary/aromatic N) is 1. The second-order valence-electron chi connectivity index (χ2n) is 4.81. The molecule has 0 aliphatic carbocycles. The van der Waals surface area contributed by atoms with Crippen molar-refractivity contribution in [3.8, 4) is 0 Å². The highest BCUT2D eigenvalue weighted by atomic mass is 35.5. The fraction of sp³-hybridized carbons (Fsp3) is 0.600. The molecule has 19 heavy (non-hydrogen) atoms. The van der Waals surface area contributed by atoms with Crippen LogP contribution in [0.3, 0.4) is 0 Å². The van der Waals surface area contributed by atoms with Gasteiger partial charge in [0, 0.05) is 44.0 Å². The van der Waals surface area contributed by atoms with Gasteiger partial charge in [-0.1, -0.05) is 24.6 Å². The molecule has 0 aromatic heterocycles. The molecule has 1 unspecified atom stereocenters. The molecule has 0 heterocycles. The molecule has 0 spiro atoms. The van der Waals surface area contributed by atoms with Gasteiger partial charge in [-0.05, 0) is 31.0 Å². The van der Waals surface area contributed by atoms with Gasteiger partial charge in [0.15, 0.2) is 0 Å². The Morgan fingerprint density at radius 1 is 1.42 bits per heavy atom. The highest BCUT2D eigenvalue weighted by Crippen LogP contribution is 2.24. The van der Waals surface area contributed by atoms with Gasteiger partial charge in [0.2, 0.25) is 0 Å². The van der Waals surface area contributed by atoms with Crippen LogP contribution in [-0.2, 0) is 11.3 Å². The summed E-state index contributed by atoms with van der Waals surface area (Å²) in [6.07, 6.45) is 1.12. The minimum Gasteiger partial charge on any atom is -0.383 e. The summed E-state index contributed by atoms with van der Waals surface area (Å²) in [7, 11) is 3.81. The third-order valence-electron chi connectivity index (χ3n) is 3.49. The number of hydrogen-bond donors (Lipinski definition) is 1. The van der Waals surface area contributed by atoms with Crippen LogP contribution >= 0.6 is 11.6 Å². The van der Waals surface area contributed by atoms with Crippen LogP contribution in [0.2, 0.25) is 5.02 Å². The van der Waals surface area contributed by atoms with E-state index in [2.05, 4.69) is 43.2 Å². The van der Waals surface area contributed by atoms with Crippen molar-refractivity contribution in [2.75, 3.05) is 32.2 Å². The molecule has 1 N–H and O–H groups in total. The molecule has 1 atom stereocenters. The first-order valence-corrected chi connectivity index (χ1v) is 7.18. The van der Waals surface area contributed by atoms with Gasteiger partial charge in [-0.2, -0.15) is 0 Å². The molecule has 1 aromatic rings.